The molecule has 0 saturated carbocycles. The quantitative estimate of drug-likeness (QED) is 0.567. The van der Waals surface area contributed by atoms with Crippen LogP contribution in [0.15, 0.2) is 12.3 Å². The zero-order chi connectivity index (χ0) is 8.10. The van der Waals surface area contributed by atoms with Gasteiger partial charge >= 0.3 is 5.97 Å². The molecular weight excluding hydrogens is 148 g/mol. The summed E-state index contributed by atoms with van der Waals surface area (Å²) in [5, 5.41) is 21.5. The minimum atomic E-state index is -1.04. The molecule has 0 amide bonds. The number of aliphatic carboxylic acids is 1. The number of hydrogen-bond donors (Lipinski definition) is 1. The Bertz CT molecular complexity index is 271. The van der Waals surface area contributed by atoms with Crippen molar-refractivity contribution in [2.75, 3.05) is 0 Å². The van der Waals surface area contributed by atoms with Crippen LogP contribution in [0.25, 0.3) is 6.08 Å². The highest BCUT2D eigenvalue weighted by Gasteiger charge is 1.89. The van der Waals surface area contributed by atoms with Crippen LogP contribution in [0, 0.1) is 0 Å². The van der Waals surface area contributed by atoms with Crippen molar-refractivity contribution in [1.29, 1.82) is 0 Å². The van der Waals surface area contributed by atoms with Gasteiger partial charge in [-0.25, -0.2) is 4.79 Å². The van der Waals surface area contributed by atoms with E-state index in [1.54, 1.807) is 0 Å². The number of carboxylic acids is 1. The van der Waals surface area contributed by atoms with E-state index in [4.69, 9.17) is 5.11 Å². The second-order valence-corrected chi connectivity index (χ2v) is 1.62. The summed E-state index contributed by atoms with van der Waals surface area (Å²) in [5.74, 6) is -1.04. The first-order valence-corrected chi connectivity index (χ1v) is 2.71. The van der Waals surface area contributed by atoms with Gasteiger partial charge in [0, 0.05) is 6.08 Å². The molecule has 1 heterocycles. The van der Waals surface area contributed by atoms with E-state index >= 15 is 0 Å². The van der Waals surface area contributed by atoms with Crippen molar-refractivity contribution in [3.8, 4) is 0 Å². The van der Waals surface area contributed by atoms with Crippen molar-refractivity contribution in [3.05, 3.63) is 18.0 Å². The van der Waals surface area contributed by atoms with E-state index in [9.17, 15) is 4.79 Å². The van der Waals surface area contributed by atoms with Crippen molar-refractivity contribution < 1.29 is 9.90 Å². The standard InChI is InChI=1S/C5H4N4O2/c10-5(11)2-1-4-3-6-8-9-7-4/h1-3H,(H,10,11). The normalized spacial score (nSPS) is 10.2. The highest BCUT2D eigenvalue weighted by Crippen LogP contribution is 1.89. The molecule has 1 aromatic rings. The third kappa shape index (κ3) is 2.48. The third-order valence-electron chi connectivity index (χ3n) is 0.839. The monoisotopic (exact) mass is 152 g/mol. The first kappa shape index (κ1) is 7.26. The molecule has 1 N–H and O–H groups in total. The topological polar surface area (TPSA) is 88.9 Å². The Morgan fingerprint density at radius 2 is 2.36 bits per heavy atom. The second-order valence-electron chi connectivity index (χ2n) is 1.62. The van der Waals surface area contributed by atoms with Gasteiger partial charge in [-0.3, -0.25) is 0 Å². The van der Waals surface area contributed by atoms with Crippen LogP contribution in [0.3, 0.4) is 0 Å². The molecule has 56 valence electrons. The average Bonchev–Trinajstić information content (AvgIpc) is 2.03. The second kappa shape index (κ2) is 3.35. The summed E-state index contributed by atoms with van der Waals surface area (Å²) in [6.07, 6.45) is 3.54. The molecule has 0 spiro atoms. The van der Waals surface area contributed by atoms with E-state index in [1.165, 1.54) is 12.3 Å². The number of nitrogens with zero attached hydrogens (tertiary/aromatic N) is 4. The van der Waals surface area contributed by atoms with Gasteiger partial charge < -0.3 is 5.11 Å². The van der Waals surface area contributed by atoms with Crippen molar-refractivity contribution in [2.45, 2.75) is 0 Å². The number of rotatable bonds is 2. The summed E-state index contributed by atoms with van der Waals surface area (Å²) >= 11 is 0. The van der Waals surface area contributed by atoms with E-state index in [0.29, 0.717) is 5.69 Å². The minimum absolute atomic E-state index is 0.363. The highest BCUT2D eigenvalue weighted by molar-refractivity contribution is 5.84. The largest absolute Gasteiger partial charge is 0.478 e. The number of hydrogen-bond acceptors (Lipinski definition) is 5. The van der Waals surface area contributed by atoms with E-state index in [1.807, 2.05) is 0 Å². The van der Waals surface area contributed by atoms with Crippen molar-refractivity contribution >= 4 is 12.0 Å². The molecule has 0 aliphatic carbocycles. The van der Waals surface area contributed by atoms with Crippen LogP contribution >= 0.6 is 0 Å². The molecular formula is C5H4N4O2. The Morgan fingerprint density at radius 3 is 2.91 bits per heavy atom. The molecule has 0 fully saturated rings. The SMILES string of the molecule is O=C(O)C=Cc1cnnnn1. The van der Waals surface area contributed by atoms with E-state index in [-0.39, 0.29) is 0 Å². The van der Waals surface area contributed by atoms with Crippen molar-refractivity contribution in [2.24, 2.45) is 0 Å². The Labute approximate surface area is 61.6 Å². The zero-order valence-corrected chi connectivity index (χ0v) is 5.38. The zero-order valence-electron chi connectivity index (χ0n) is 5.38. The lowest BCUT2D eigenvalue weighted by Crippen LogP contribution is -1.93. The molecule has 0 aliphatic heterocycles. The summed E-state index contributed by atoms with van der Waals surface area (Å²) in [6, 6.07) is 0. The predicted molar refractivity (Wildman–Crippen MR) is 34.3 cm³/mol. The maximum Gasteiger partial charge on any atom is 0.328 e. The first-order chi connectivity index (χ1) is 5.29. The Balaban J connectivity index is 2.72. The van der Waals surface area contributed by atoms with Gasteiger partial charge in [0.2, 0.25) is 0 Å². The molecule has 6 nitrogen and oxygen atoms in total. The molecule has 0 saturated heterocycles. The average molecular weight is 152 g/mol. The predicted octanol–water partition coefficient (Wildman–Crippen LogP) is -0.636. The Kier molecular flexibility index (Phi) is 2.21. The fourth-order valence-corrected chi connectivity index (χ4v) is 0.439. The molecule has 0 radical (unpaired) electrons. The summed E-state index contributed by atoms with van der Waals surface area (Å²) < 4.78 is 0. The Hall–Kier alpha value is -1.85. The van der Waals surface area contributed by atoms with Gasteiger partial charge in [-0.1, -0.05) is 0 Å². The van der Waals surface area contributed by atoms with Crippen LogP contribution in [-0.2, 0) is 4.79 Å². The van der Waals surface area contributed by atoms with Crippen molar-refractivity contribution in [3.63, 3.8) is 0 Å². The molecule has 0 aliphatic rings. The lowest BCUT2D eigenvalue weighted by molar-refractivity contribution is -0.131. The summed E-state index contributed by atoms with van der Waals surface area (Å²) in [7, 11) is 0. The number of carbonyl (C=O) groups is 1. The molecule has 1 aromatic heterocycles. The van der Waals surface area contributed by atoms with Gasteiger partial charge in [0.1, 0.15) is 5.69 Å². The van der Waals surface area contributed by atoms with E-state index in [2.05, 4.69) is 20.6 Å². The summed E-state index contributed by atoms with van der Waals surface area (Å²) in [5.41, 5.74) is 0.363. The fourth-order valence-electron chi connectivity index (χ4n) is 0.439. The third-order valence-corrected chi connectivity index (χ3v) is 0.839. The maximum atomic E-state index is 10.0. The van der Waals surface area contributed by atoms with Crippen LogP contribution in [0.2, 0.25) is 0 Å². The van der Waals surface area contributed by atoms with Crippen LogP contribution < -0.4 is 0 Å². The summed E-state index contributed by atoms with van der Waals surface area (Å²) in [4.78, 5) is 10.0. The highest BCUT2D eigenvalue weighted by atomic mass is 16.4. The first-order valence-electron chi connectivity index (χ1n) is 2.71. The van der Waals surface area contributed by atoms with Crippen LogP contribution in [0.4, 0.5) is 0 Å². The van der Waals surface area contributed by atoms with Gasteiger partial charge in [-0.15, -0.1) is 10.2 Å². The van der Waals surface area contributed by atoms with Gasteiger partial charge in [-0.05, 0) is 16.5 Å². The van der Waals surface area contributed by atoms with Crippen LogP contribution in [0.5, 0.6) is 0 Å². The molecule has 0 bridgehead atoms. The molecule has 11 heavy (non-hydrogen) atoms. The summed E-state index contributed by atoms with van der Waals surface area (Å²) in [6.45, 7) is 0. The lowest BCUT2D eigenvalue weighted by Gasteiger charge is -1.83. The van der Waals surface area contributed by atoms with E-state index in [0.717, 1.165) is 6.08 Å². The minimum Gasteiger partial charge on any atom is -0.478 e. The van der Waals surface area contributed by atoms with Crippen LogP contribution in [0.1, 0.15) is 5.69 Å². The van der Waals surface area contributed by atoms with Crippen molar-refractivity contribution in [1.82, 2.24) is 20.6 Å². The molecule has 0 unspecified atom stereocenters. The lowest BCUT2D eigenvalue weighted by atomic mass is 10.4. The van der Waals surface area contributed by atoms with Gasteiger partial charge in [0.15, 0.2) is 0 Å². The van der Waals surface area contributed by atoms with E-state index < -0.39 is 5.97 Å². The smallest absolute Gasteiger partial charge is 0.328 e. The van der Waals surface area contributed by atoms with Crippen LogP contribution in [-0.4, -0.2) is 31.7 Å². The maximum absolute atomic E-state index is 10.0. The van der Waals surface area contributed by atoms with Gasteiger partial charge in [0.05, 0.1) is 6.20 Å². The van der Waals surface area contributed by atoms with Gasteiger partial charge in [0.25, 0.3) is 0 Å². The van der Waals surface area contributed by atoms with Gasteiger partial charge in [-0.2, -0.15) is 0 Å². The molecule has 0 aromatic carbocycles. The molecule has 6 heteroatoms. The Morgan fingerprint density at radius 1 is 1.55 bits per heavy atom. The molecule has 0 atom stereocenters. The number of carboxylic acid groups (broad SMARTS) is 1. The molecule has 1 rings (SSSR count). The number of aromatic nitrogens is 4. The fraction of sp³-hybridized carbons (Fsp3) is 0.